The number of hydrogen-bond donors (Lipinski definition) is 0. The number of fused-ring (bicyclic) bond motifs is 6. The molecule has 0 spiro atoms. The van der Waals surface area contributed by atoms with Crippen molar-refractivity contribution in [1.29, 1.82) is 0 Å². The van der Waals surface area contributed by atoms with Crippen LogP contribution in [0.25, 0.3) is 77.8 Å². The molecule has 0 fully saturated rings. The molecule has 9 aromatic rings. The predicted molar refractivity (Wildman–Crippen MR) is 182 cm³/mol. The highest BCUT2D eigenvalue weighted by molar-refractivity contribution is 6.15. The van der Waals surface area contributed by atoms with Crippen molar-refractivity contribution in [3.8, 4) is 34.0 Å². The molecule has 0 atom stereocenters. The van der Waals surface area contributed by atoms with Crippen LogP contribution in [0.1, 0.15) is 0 Å². The Balaban J connectivity index is 1.44. The standard InChI is InChI=1S/C40H26N4/c1-4-14-27(15-5-1)38-37-33-26-30(43-34-22-12-10-20-31(34)32-21-11-13-23-35(32)43)24-25-36(33)44(29-18-8-3-9-19-29)40(37)42-39(41-38)28-16-6-2-7-17-28/h1-26H. The van der Waals surface area contributed by atoms with Gasteiger partial charge in [0.2, 0.25) is 0 Å². The molecule has 0 amide bonds. The lowest BCUT2D eigenvalue weighted by Crippen LogP contribution is -1.99. The van der Waals surface area contributed by atoms with Gasteiger partial charge in [0.1, 0.15) is 5.65 Å². The van der Waals surface area contributed by atoms with E-state index in [0.29, 0.717) is 5.82 Å². The molecule has 0 bridgehead atoms. The minimum Gasteiger partial charge on any atom is -0.309 e. The van der Waals surface area contributed by atoms with Crippen molar-refractivity contribution in [3.05, 3.63) is 158 Å². The Morgan fingerprint density at radius 3 is 1.59 bits per heavy atom. The lowest BCUT2D eigenvalue weighted by Gasteiger charge is -2.10. The first kappa shape index (κ1) is 24.6. The van der Waals surface area contributed by atoms with Gasteiger partial charge in [-0.1, -0.05) is 115 Å². The van der Waals surface area contributed by atoms with Crippen LogP contribution in [0.5, 0.6) is 0 Å². The zero-order valence-corrected chi connectivity index (χ0v) is 23.8. The van der Waals surface area contributed by atoms with Crippen molar-refractivity contribution in [2.75, 3.05) is 0 Å². The number of benzene rings is 6. The molecule has 0 aliphatic heterocycles. The van der Waals surface area contributed by atoms with Crippen LogP contribution in [0, 0.1) is 0 Å². The summed E-state index contributed by atoms with van der Waals surface area (Å²) in [4.78, 5) is 10.5. The molecular formula is C40H26N4. The van der Waals surface area contributed by atoms with Gasteiger partial charge in [0, 0.05) is 38.7 Å². The van der Waals surface area contributed by atoms with Gasteiger partial charge in [0.05, 0.1) is 27.6 Å². The lowest BCUT2D eigenvalue weighted by molar-refractivity contribution is 1.11. The summed E-state index contributed by atoms with van der Waals surface area (Å²) in [6.07, 6.45) is 0. The maximum Gasteiger partial charge on any atom is 0.162 e. The van der Waals surface area contributed by atoms with Crippen molar-refractivity contribution < 1.29 is 0 Å². The fourth-order valence-corrected chi connectivity index (χ4v) is 6.59. The first-order valence-electron chi connectivity index (χ1n) is 14.9. The van der Waals surface area contributed by atoms with Gasteiger partial charge in [-0.2, -0.15) is 0 Å². The normalized spacial score (nSPS) is 11.6. The Hall–Kier alpha value is -6.00. The molecule has 3 aromatic heterocycles. The lowest BCUT2D eigenvalue weighted by atomic mass is 10.1. The second-order valence-corrected chi connectivity index (χ2v) is 11.1. The fraction of sp³-hybridized carbons (Fsp3) is 0. The highest BCUT2D eigenvalue weighted by Gasteiger charge is 2.22. The summed E-state index contributed by atoms with van der Waals surface area (Å²) in [5.74, 6) is 0.708. The van der Waals surface area contributed by atoms with Crippen molar-refractivity contribution in [3.63, 3.8) is 0 Å². The van der Waals surface area contributed by atoms with Crippen LogP contribution >= 0.6 is 0 Å². The third-order valence-electron chi connectivity index (χ3n) is 8.52. The van der Waals surface area contributed by atoms with Gasteiger partial charge in [-0.3, -0.25) is 4.57 Å². The Morgan fingerprint density at radius 1 is 0.386 bits per heavy atom. The van der Waals surface area contributed by atoms with Crippen LogP contribution in [0.2, 0.25) is 0 Å². The third kappa shape index (κ3) is 3.71. The average Bonchev–Trinajstić information content (AvgIpc) is 3.61. The highest BCUT2D eigenvalue weighted by Crippen LogP contribution is 2.40. The first-order chi connectivity index (χ1) is 21.8. The number of hydrogen-bond acceptors (Lipinski definition) is 2. The third-order valence-corrected chi connectivity index (χ3v) is 8.52. The molecule has 4 nitrogen and oxygen atoms in total. The Kier molecular flexibility index (Phi) is 5.47. The molecule has 206 valence electrons. The average molecular weight is 563 g/mol. The predicted octanol–water partition coefficient (Wildman–Crippen LogP) is 10.0. The van der Waals surface area contributed by atoms with E-state index in [1.54, 1.807) is 0 Å². The topological polar surface area (TPSA) is 35.6 Å². The van der Waals surface area contributed by atoms with E-state index >= 15 is 0 Å². The van der Waals surface area contributed by atoms with Gasteiger partial charge < -0.3 is 4.57 Å². The van der Waals surface area contributed by atoms with E-state index in [1.807, 2.05) is 24.3 Å². The van der Waals surface area contributed by atoms with Crippen LogP contribution in [-0.4, -0.2) is 19.1 Å². The summed E-state index contributed by atoms with van der Waals surface area (Å²) < 4.78 is 4.65. The molecule has 6 aromatic carbocycles. The van der Waals surface area contributed by atoms with E-state index in [9.17, 15) is 0 Å². The van der Waals surface area contributed by atoms with E-state index in [2.05, 4.69) is 143 Å². The van der Waals surface area contributed by atoms with E-state index in [-0.39, 0.29) is 0 Å². The molecule has 0 saturated heterocycles. The molecular weight excluding hydrogens is 536 g/mol. The van der Waals surface area contributed by atoms with Gasteiger partial charge in [0.25, 0.3) is 0 Å². The van der Waals surface area contributed by atoms with Crippen LogP contribution in [-0.2, 0) is 0 Å². The van der Waals surface area contributed by atoms with Gasteiger partial charge >= 0.3 is 0 Å². The van der Waals surface area contributed by atoms with E-state index < -0.39 is 0 Å². The monoisotopic (exact) mass is 562 g/mol. The summed E-state index contributed by atoms with van der Waals surface area (Å²) in [6, 6.07) is 55.3. The first-order valence-corrected chi connectivity index (χ1v) is 14.9. The van der Waals surface area contributed by atoms with Gasteiger partial charge in [-0.25, -0.2) is 9.97 Å². The molecule has 0 saturated carbocycles. The molecule has 0 aliphatic carbocycles. The fourth-order valence-electron chi connectivity index (χ4n) is 6.59. The number of rotatable bonds is 4. The second-order valence-electron chi connectivity index (χ2n) is 11.1. The van der Waals surface area contributed by atoms with Gasteiger partial charge in [-0.05, 0) is 42.5 Å². The quantitative estimate of drug-likeness (QED) is 0.214. The summed E-state index contributed by atoms with van der Waals surface area (Å²) in [7, 11) is 0. The molecule has 0 aliphatic rings. The second kappa shape index (κ2) is 9.79. The Labute approximate surface area is 254 Å². The van der Waals surface area contributed by atoms with Crippen LogP contribution < -0.4 is 0 Å². The zero-order chi connectivity index (χ0) is 29.0. The Morgan fingerprint density at radius 2 is 0.932 bits per heavy atom. The van der Waals surface area contributed by atoms with Crippen molar-refractivity contribution in [2.24, 2.45) is 0 Å². The number of aromatic nitrogens is 4. The summed E-state index contributed by atoms with van der Waals surface area (Å²) >= 11 is 0. The zero-order valence-electron chi connectivity index (χ0n) is 23.8. The van der Waals surface area contributed by atoms with Crippen molar-refractivity contribution in [1.82, 2.24) is 19.1 Å². The van der Waals surface area contributed by atoms with Gasteiger partial charge in [0.15, 0.2) is 5.82 Å². The maximum atomic E-state index is 5.28. The van der Waals surface area contributed by atoms with Crippen molar-refractivity contribution >= 4 is 43.7 Å². The Bertz CT molecular complexity index is 2420. The van der Waals surface area contributed by atoms with E-state index in [4.69, 9.17) is 9.97 Å². The largest absolute Gasteiger partial charge is 0.309 e. The maximum absolute atomic E-state index is 5.28. The summed E-state index contributed by atoms with van der Waals surface area (Å²) in [5, 5.41) is 4.64. The van der Waals surface area contributed by atoms with Gasteiger partial charge in [-0.15, -0.1) is 0 Å². The molecule has 3 heterocycles. The molecule has 9 rings (SSSR count). The smallest absolute Gasteiger partial charge is 0.162 e. The number of nitrogens with zero attached hydrogens (tertiary/aromatic N) is 4. The number of para-hydroxylation sites is 3. The summed E-state index contributed by atoms with van der Waals surface area (Å²) in [6.45, 7) is 0. The minimum absolute atomic E-state index is 0.708. The van der Waals surface area contributed by atoms with Crippen LogP contribution in [0.3, 0.4) is 0 Å². The van der Waals surface area contributed by atoms with Crippen LogP contribution in [0.4, 0.5) is 0 Å². The molecule has 0 radical (unpaired) electrons. The molecule has 0 unspecified atom stereocenters. The molecule has 44 heavy (non-hydrogen) atoms. The molecule has 4 heteroatoms. The van der Waals surface area contributed by atoms with E-state index in [0.717, 1.165) is 50.1 Å². The van der Waals surface area contributed by atoms with Crippen LogP contribution in [0.15, 0.2) is 158 Å². The summed E-state index contributed by atoms with van der Waals surface area (Å²) in [5.41, 5.74) is 9.49. The van der Waals surface area contributed by atoms with Crippen molar-refractivity contribution in [2.45, 2.75) is 0 Å². The molecule has 0 N–H and O–H groups in total. The minimum atomic E-state index is 0.708. The van der Waals surface area contributed by atoms with E-state index in [1.165, 1.54) is 21.8 Å². The SMILES string of the molecule is c1ccc(-c2nc(-c3ccccc3)c3c4cc(-n5c6ccccc6c6ccccc65)ccc4n(-c4ccccc4)c3n2)cc1. The highest BCUT2D eigenvalue weighted by atomic mass is 15.1.